The van der Waals surface area contributed by atoms with Gasteiger partial charge < -0.3 is 5.32 Å². The molecular weight excluding hydrogens is 332 g/mol. The third kappa shape index (κ3) is 5.46. The van der Waals surface area contributed by atoms with Crippen molar-refractivity contribution in [2.24, 2.45) is 0 Å². The number of carbonyl (C=O) groups is 1. The summed E-state index contributed by atoms with van der Waals surface area (Å²) in [7, 11) is 0. The first-order valence-corrected chi connectivity index (χ1v) is 9.20. The first kappa shape index (κ1) is 17.2. The number of carbonyl (C=O) groups excluding carboxylic acids is 1. The molecule has 2 aromatic heterocycles. The second-order valence-corrected chi connectivity index (χ2v) is 6.78. The number of aryl methyl sites for hydroxylation is 1. The summed E-state index contributed by atoms with van der Waals surface area (Å²) in [4.78, 5) is 16.1. The maximum atomic E-state index is 12.0. The summed E-state index contributed by atoms with van der Waals surface area (Å²) in [6.45, 7) is 2.70. The van der Waals surface area contributed by atoms with Crippen molar-refractivity contribution in [1.82, 2.24) is 14.8 Å². The van der Waals surface area contributed by atoms with E-state index in [9.17, 15) is 4.79 Å². The van der Waals surface area contributed by atoms with Crippen molar-refractivity contribution in [1.29, 1.82) is 0 Å². The van der Waals surface area contributed by atoms with Gasteiger partial charge in [0.1, 0.15) is 0 Å². The molecule has 128 valence electrons. The Morgan fingerprint density at radius 3 is 2.88 bits per heavy atom. The number of hydrogen-bond acceptors (Lipinski definition) is 4. The van der Waals surface area contributed by atoms with Gasteiger partial charge in [0, 0.05) is 30.4 Å². The lowest BCUT2D eigenvalue weighted by Gasteiger charge is -2.04. The minimum atomic E-state index is -0.0377. The molecule has 0 saturated heterocycles. The summed E-state index contributed by atoms with van der Waals surface area (Å²) in [5, 5.41) is 7.21. The zero-order valence-electron chi connectivity index (χ0n) is 14.1. The van der Waals surface area contributed by atoms with Gasteiger partial charge in [-0.2, -0.15) is 5.10 Å². The summed E-state index contributed by atoms with van der Waals surface area (Å²) >= 11 is 1.60. The Hall–Kier alpha value is -2.60. The highest BCUT2D eigenvalue weighted by molar-refractivity contribution is 7.99. The van der Waals surface area contributed by atoms with Crippen molar-refractivity contribution in [2.75, 3.05) is 11.1 Å². The predicted octanol–water partition coefficient (Wildman–Crippen LogP) is 3.51. The molecule has 3 rings (SSSR count). The van der Waals surface area contributed by atoms with E-state index in [0.29, 0.717) is 18.1 Å². The topological polar surface area (TPSA) is 59.8 Å². The number of benzene rings is 1. The molecule has 0 unspecified atom stereocenters. The number of nitrogens with zero attached hydrogens (tertiary/aromatic N) is 3. The van der Waals surface area contributed by atoms with E-state index in [2.05, 4.69) is 40.5 Å². The van der Waals surface area contributed by atoms with Crippen molar-refractivity contribution in [3.63, 3.8) is 0 Å². The van der Waals surface area contributed by atoms with Crippen LogP contribution >= 0.6 is 11.8 Å². The van der Waals surface area contributed by atoms with Crippen LogP contribution in [0.15, 0.2) is 61.1 Å². The molecule has 0 radical (unpaired) electrons. The maximum Gasteiger partial charge on any atom is 0.235 e. The molecule has 0 saturated carbocycles. The van der Waals surface area contributed by atoms with Crippen LogP contribution in [-0.2, 0) is 17.1 Å². The molecule has 1 aromatic carbocycles. The molecular formula is C19H20N4OS. The number of amides is 1. The third-order valence-electron chi connectivity index (χ3n) is 3.56. The number of nitrogens with one attached hydrogen (secondary N) is 1. The fourth-order valence-corrected chi connectivity index (χ4v) is 3.21. The molecule has 0 fully saturated rings. The van der Waals surface area contributed by atoms with E-state index in [1.807, 2.05) is 30.6 Å². The predicted molar refractivity (Wildman–Crippen MR) is 102 cm³/mol. The monoisotopic (exact) mass is 352 g/mol. The quantitative estimate of drug-likeness (QED) is 0.707. The average molecular weight is 352 g/mol. The van der Waals surface area contributed by atoms with Crippen LogP contribution in [-0.4, -0.2) is 26.4 Å². The van der Waals surface area contributed by atoms with E-state index in [1.165, 1.54) is 11.1 Å². The smallest absolute Gasteiger partial charge is 0.235 e. The van der Waals surface area contributed by atoms with Crippen LogP contribution in [0.1, 0.15) is 16.7 Å². The minimum Gasteiger partial charge on any atom is -0.308 e. The number of rotatable bonds is 7. The van der Waals surface area contributed by atoms with Gasteiger partial charge in [-0.25, -0.2) is 0 Å². The highest BCUT2D eigenvalue weighted by Gasteiger charge is 2.06. The SMILES string of the molecule is Cc1cccc(CSCC(=O)Nc2ccn(Cc3cccnc3)n2)c1. The Balaban J connectivity index is 1.45. The molecule has 0 spiro atoms. The number of aromatic nitrogens is 3. The lowest BCUT2D eigenvalue weighted by molar-refractivity contribution is -0.113. The van der Waals surface area contributed by atoms with E-state index in [0.717, 1.165) is 11.3 Å². The highest BCUT2D eigenvalue weighted by Crippen LogP contribution is 2.14. The lowest BCUT2D eigenvalue weighted by Crippen LogP contribution is -2.15. The van der Waals surface area contributed by atoms with Gasteiger partial charge in [-0.1, -0.05) is 35.9 Å². The van der Waals surface area contributed by atoms with Gasteiger partial charge in [0.25, 0.3) is 0 Å². The summed E-state index contributed by atoms with van der Waals surface area (Å²) in [5.41, 5.74) is 3.54. The molecule has 1 N–H and O–H groups in total. The molecule has 3 aromatic rings. The number of hydrogen-bond donors (Lipinski definition) is 1. The van der Waals surface area contributed by atoms with Gasteiger partial charge in [0.15, 0.2) is 5.82 Å². The Morgan fingerprint density at radius 1 is 1.20 bits per heavy atom. The Bertz CT molecular complexity index is 832. The Kier molecular flexibility index (Phi) is 5.85. The largest absolute Gasteiger partial charge is 0.308 e. The van der Waals surface area contributed by atoms with Gasteiger partial charge in [-0.05, 0) is 24.1 Å². The molecule has 0 aliphatic heterocycles. The fraction of sp³-hybridized carbons (Fsp3) is 0.211. The van der Waals surface area contributed by atoms with Gasteiger partial charge in [-0.15, -0.1) is 11.8 Å². The van der Waals surface area contributed by atoms with E-state index in [-0.39, 0.29) is 5.91 Å². The fourth-order valence-electron chi connectivity index (χ4n) is 2.44. The Labute approximate surface area is 151 Å². The standard InChI is InChI=1S/C19H20N4OS/c1-15-4-2-5-16(10-15)13-25-14-19(24)21-18-7-9-23(22-18)12-17-6-3-8-20-11-17/h2-11H,12-14H2,1H3,(H,21,22,24). The molecule has 0 aliphatic rings. The first-order chi connectivity index (χ1) is 12.2. The van der Waals surface area contributed by atoms with E-state index < -0.39 is 0 Å². The zero-order valence-corrected chi connectivity index (χ0v) is 14.9. The molecule has 6 heteroatoms. The van der Waals surface area contributed by atoms with Crippen molar-refractivity contribution < 1.29 is 4.79 Å². The van der Waals surface area contributed by atoms with E-state index >= 15 is 0 Å². The molecule has 0 aliphatic carbocycles. The summed E-state index contributed by atoms with van der Waals surface area (Å²) in [5.74, 6) is 1.77. The van der Waals surface area contributed by atoms with Crippen LogP contribution < -0.4 is 5.32 Å². The molecule has 25 heavy (non-hydrogen) atoms. The summed E-state index contributed by atoms with van der Waals surface area (Å²) in [6.07, 6.45) is 5.40. The van der Waals surface area contributed by atoms with Gasteiger partial charge in [0.05, 0.1) is 12.3 Å². The van der Waals surface area contributed by atoms with E-state index in [1.54, 1.807) is 28.7 Å². The molecule has 1 amide bonds. The zero-order chi connectivity index (χ0) is 17.5. The van der Waals surface area contributed by atoms with Crippen molar-refractivity contribution in [3.8, 4) is 0 Å². The van der Waals surface area contributed by atoms with Crippen LogP contribution in [0, 0.1) is 6.92 Å². The van der Waals surface area contributed by atoms with Crippen LogP contribution in [0.4, 0.5) is 5.82 Å². The first-order valence-electron chi connectivity index (χ1n) is 8.04. The second kappa shape index (κ2) is 8.48. The number of thioether (sulfide) groups is 1. The Morgan fingerprint density at radius 2 is 2.08 bits per heavy atom. The molecule has 0 atom stereocenters. The van der Waals surface area contributed by atoms with E-state index in [4.69, 9.17) is 0 Å². The molecule has 2 heterocycles. The van der Waals surface area contributed by atoms with Crippen LogP contribution in [0.2, 0.25) is 0 Å². The normalized spacial score (nSPS) is 10.6. The van der Waals surface area contributed by atoms with Crippen molar-refractivity contribution in [3.05, 3.63) is 77.7 Å². The van der Waals surface area contributed by atoms with Crippen LogP contribution in [0.5, 0.6) is 0 Å². The van der Waals surface area contributed by atoms with Crippen LogP contribution in [0.3, 0.4) is 0 Å². The molecule has 0 bridgehead atoms. The second-order valence-electron chi connectivity index (χ2n) is 5.79. The minimum absolute atomic E-state index is 0.0377. The number of anilines is 1. The number of pyridine rings is 1. The summed E-state index contributed by atoms with van der Waals surface area (Å²) < 4.78 is 1.78. The van der Waals surface area contributed by atoms with Crippen molar-refractivity contribution >= 4 is 23.5 Å². The van der Waals surface area contributed by atoms with Gasteiger partial charge in [-0.3, -0.25) is 14.5 Å². The maximum absolute atomic E-state index is 12.0. The lowest BCUT2D eigenvalue weighted by atomic mass is 10.2. The average Bonchev–Trinajstić information content (AvgIpc) is 3.02. The third-order valence-corrected chi connectivity index (χ3v) is 4.56. The highest BCUT2D eigenvalue weighted by atomic mass is 32.2. The summed E-state index contributed by atoms with van der Waals surface area (Å²) in [6, 6.07) is 14.0. The van der Waals surface area contributed by atoms with Gasteiger partial charge >= 0.3 is 0 Å². The van der Waals surface area contributed by atoms with Crippen molar-refractivity contribution in [2.45, 2.75) is 19.2 Å². The van der Waals surface area contributed by atoms with Crippen LogP contribution in [0.25, 0.3) is 0 Å². The molecule has 5 nitrogen and oxygen atoms in total. The van der Waals surface area contributed by atoms with Gasteiger partial charge in [0.2, 0.25) is 5.91 Å².